The van der Waals surface area contributed by atoms with Gasteiger partial charge in [0.15, 0.2) is 0 Å². The number of para-hydroxylation sites is 1. The first-order valence-electron chi connectivity index (χ1n) is 6.88. The van der Waals surface area contributed by atoms with Crippen LogP contribution in [0, 0.1) is 0 Å². The number of rotatable bonds is 3. The van der Waals surface area contributed by atoms with Crippen molar-refractivity contribution in [2.45, 2.75) is 25.3 Å². The SMILES string of the molecule is O=C(Cc1c[nH]c2ccccc12)NC1CCNCC1. The Labute approximate surface area is 112 Å². The van der Waals surface area contributed by atoms with Crippen LogP contribution >= 0.6 is 0 Å². The molecule has 4 heteroatoms. The van der Waals surface area contributed by atoms with Gasteiger partial charge in [-0.3, -0.25) is 4.79 Å². The number of hydrogen-bond acceptors (Lipinski definition) is 2. The number of piperidine rings is 1. The monoisotopic (exact) mass is 257 g/mol. The molecule has 2 aromatic rings. The van der Waals surface area contributed by atoms with Crippen LogP contribution in [-0.2, 0) is 11.2 Å². The largest absolute Gasteiger partial charge is 0.361 e. The lowest BCUT2D eigenvalue weighted by molar-refractivity contribution is -0.121. The second-order valence-electron chi connectivity index (χ2n) is 5.13. The third kappa shape index (κ3) is 2.79. The Kier molecular flexibility index (Phi) is 3.51. The molecule has 0 unspecified atom stereocenters. The fourth-order valence-electron chi connectivity index (χ4n) is 2.70. The van der Waals surface area contributed by atoms with Crippen molar-refractivity contribution in [2.24, 2.45) is 0 Å². The van der Waals surface area contributed by atoms with E-state index in [1.165, 1.54) is 0 Å². The number of H-pyrrole nitrogens is 1. The van der Waals surface area contributed by atoms with E-state index in [9.17, 15) is 4.79 Å². The molecule has 2 heterocycles. The van der Waals surface area contributed by atoms with E-state index >= 15 is 0 Å². The third-order valence-corrected chi connectivity index (χ3v) is 3.73. The smallest absolute Gasteiger partial charge is 0.224 e. The summed E-state index contributed by atoms with van der Waals surface area (Å²) in [5, 5.41) is 7.57. The molecule has 1 aliphatic rings. The molecular weight excluding hydrogens is 238 g/mol. The summed E-state index contributed by atoms with van der Waals surface area (Å²) in [6.45, 7) is 2.00. The van der Waals surface area contributed by atoms with Crippen LogP contribution in [0.25, 0.3) is 10.9 Å². The van der Waals surface area contributed by atoms with Crippen LogP contribution in [0.15, 0.2) is 30.5 Å². The van der Waals surface area contributed by atoms with Crippen LogP contribution in [0.1, 0.15) is 18.4 Å². The highest BCUT2D eigenvalue weighted by Crippen LogP contribution is 2.18. The number of hydrogen-bond donors (Lipinski definition) is 3. The van der Waals surface area contributed by atoms with Crippen molar-refractivity contribution in [3.63, 3.8) is 0 Å². The molecule has 3 rings (SSSR count). The second kappa shape index (κ2) is 5.45. The van der Waals surface area contributed by atoms with Crippen LogP contribution in [0.4, 0.5) is 0 Å². The van der Waals surface area contributed by atoms with Gasteiger partial charge in [0.25, 0.3) is 0 Å². The van der Waals surface area contributed by atoms with E-state index in [4.69, 9.17) is 0 Å². The van der Waals surface area contributed by atoms with Crippen LogP contribution in [0.5, 0.6) is 0 Å². The van der Waals surface area contributed by atoms with Gasteiger partial charge < -0.3 is 15.6 Å². The Bertz CT molecular complexity index is 570. The normalized spacial score (nSPS) is 16.6. The van der Waals surface area contributed by atoms with Gasteiger partial charge in [0, 0.05) is 23.1 Å². The molecule has 0 saturated carbocycles. The first kappa shape index (κ1) is 12.2. The molecule has 0 radical (unpaired) electrons. The molecule has 3 N–H and O–H groups in total. The summed E-state index contributed by atoms with van der Waals surface area (Å²) in [5.74, 6) is 0.122. The Morgan fingerprint density at radius 2 is 2.05 bits per heavy atom. The summed E-state index contributed by atoms with van der Waals surface area (Å²) in [6.07, 6.45) is 4.44. The molecule has 1 aromatic heterocycles. The van der Waals surface area contributed by atoms with Crippen LogP contribution in [-0.4, -0.2) is 30.0 Å². The number of fused-ring (bicyclic) bond motifs is 1. The van der Waals surface area contributed by atoms with Crippen molar-refractivity contribution in [3.05, 3.63) is 36.0 Å². The molecule has 1 aromatic carbocycles. The highest BCUT2D eigenvalue weighted by Gasteiger charge is 2.16. The van der Waals surface area contributed by atoms with Crippen LogP contribution in [0.2, 0.25) is 0 Å². The van der Waals surface area contributed by atoms with Gasteiger partial charge >= 0.3 is 0 Å². The van der Waals surface area contributed by atoms with Crippen molar-refractivity contribution in [3.8, 4) is 0 Å². The standard InChI is InChI=1S/C15H19N3O/c19-15(18-12-5-7-16-8-6-12)9-11-10-17-14-4-2-1-3-13(11)14/h1-4,10,12,16-17H,5-9H2,(H,18,19). The summed E-state index contributed by atoms with van der Waals surface area (Å²) < 4.78 is 0. The number of carbonyl (C=O) groups is 1. The molecule has 0 bridgehead atoms. The maximum Gasteiger partial charge on any atom is 0.224 e. The number of aromatic amines is 1. The second-order valence-corrected chi connectivity index (χ2v) is 5.13. The van der Waals surface area contributed by atoms with Crippen LogP contribution < -0.4 is 10.6 Å². The summed E-state index contributed by atoms with van der Waals surface area (Å²) in [7, 11) is 0. The van der Waals surface area contributed by atoms with Gasteiger partial charge in [-0.1, -0.05) is 18.2 Å². The van der Waals surface area contributed by atoms with Gasteiger partial charge in [-0.2, -0.15) is 0 Å². The van der Waals surface area contributed by atoms with Gasteiger partial charge in [-0.05, 0) is 37.6 Å². The van der Waals surface area contributed by atoms with Crippen molar-refractivity contribution in [1.82, 2.24) is 15.6 Å². The molecule has 0 spiro atoms. The van der Waals surface area contributed by atoms with E-state index in [1.807, 2.05) is 24.4 Å². The molecule has 1 saturated heterocycles. The highest BCUT2D eigenvalue weighted by molar-refractivity contribution is 5.88. The van der Waals surface area contributed by atoms with Gasteiger partial charge in [0.05, 0.1) is 6.42 Å². The van der Waals surface area contributed by atoms with Crippen molar-refractivity contribution < 1.29 is 4.79 Å². The molecular formula is C15H19N3O. The summed E-state index contributed by atoms with van der Waals surface area (Å²) in [4.78, 5) is 15.3. The average Bonchev–Trinajstić information content (AvgIpc) is 2.83. The van der Waals surface area contributed by atoms with E-state index in [-0.39, 0.29) is 5.91 Å². The zero-order valence-corrected chi connectivity index (χ0v) is 10.9. The van der Waals surface area contributed by atoms with E-state index < -0.39 is 0 Å². The average molecular weight is 257 g/mol. The quantitative estimate of drug-likeness (QED) is 0.782. The summed E-state index contributed by atoms with van der Waals surface area (Å²) >= 11 is 0. The van der Waals surface area contributed by atoms with Crippen molar-refractivity contribution in [1.29, 1.82) is 0 Å². The minimum Gasteiger partial charge on any atom is -0.361 e. The van der Waals surface area contributed by atoms with Gasteiger partial charge in [-0.25, -0.2) is 0 Å². The van der Waals surface area contributed by atoms with Gasteiger partial charge in [0.2, 0.25) is 5.91 Å². The number of amides is 1. The lowest BCUT2D eigenvalue weighted by Crippen LogP contribution is -2.43. The molecule has 0 atom stereocenters. The fourth-order valence-corrected chi connectivity index (χ4v) is 2.70. The summed E-state index contributed by atoms with van der Waals surface area (Å²) in [5.41, 5.74) is 2.16. The molecule has 0 aliphatic carbocycles. The van der Waals surface area contributed by atoms with E-state index in [2.05, 4.69) is 21.7 Å². The van der Waals surface area contributed by atoms with Gasteiger partial charge in [0.1, 0.15) is 0 Å². The molecule has 1 amide bonds. The molecule has 1 fully saturated rings. The van der Waals surface area contributed by atoms with Crippen molar-refractivity contribution in [2.75, 3.05) is 13.1 Å². The zero-order valence-electron chi connectivity index (χ0n) is 10.9. The Morgan fingerprint density at radius 3 is 2.89 bits per heavy atom. The number of nitrogens with one attached hydrogen (secondary N) is 3. The number of aromatic nitrogens is 1. The Hall–Kier alpha value is -1.81. The maximum absolute atomic E-state index is 12.1. The highest BCUT2D eigenvalue weighted by atomic mass is 16.1. The number of benzene rings is 1. The first-order valence-corrected chi connectivity index (χ1v) is 6.88. The number of carbonyl (C=O) groups excluding carboxylic acids is 1. The predicted molar refractivity (Wildman–Crippen MR) is 76.0 cm³/mol. The minimum atomic E-state index is 0.122. The molecule has 4 nitrogen and oxygen atoms in total. The maximum atomic E-state index is 12.1. The molecule has 19 heavy (non-hydrogen) atoms. The summed E-state index contributed by atoms with van der Waals surface area (Å²) in [6, 6.07) is 8.42. The Morgan fingerprint density at radius 1 is 1.26 bits per heavy atom. The lowest BCUT2D eigenvalue weighted by Gasteiger charge is -2.23. The van der Waals surface area contributed by atoms with E-state index in [0.717, 1.165) is 42.4 Å². The zero-order chi connectivity index (χ0) is 13.1. The van der Waals surface area contributed by atoms with E-state index in [0.29, 0.717) is 12.5 Å². The van der Waals surface area contributed by atoms with Crippen LogP contribution in [0.3, 0.4) is 0 Å². The minimum absolute atomic E-state index is 0.122. The topological polar surface area (TPSA) is 56.9 Å². The predicted octanol–water partition coefficient (Wildman–Crippen LogP) is 1.58. The molecule has 100 valence electrons. The first-order chi connectivity index (χ1) is 9.33. The van der Waals surface area contributed by atoms with E-state index in [1.54, 1.807) is 0 Å². The van der Waals surface area contributed by atoms with Crippen molar-refractivity contribution >= 4 is 16.8 Å². The van der Waals surface area contributed by atoms with Gasteiger partial charge in [-0.15, -0.1) is 0 Å². The lowest BCUT2D eigenvalue weighted by atomic mass is 10.1. The third-order valence-electron chi connectivity index (χ3n) is 3.73. The fraction of sp³-hybridized carbons (Fsp3) is 0.400. The Balaban J connectivity index is 1.65. The molecule has 1 aliphatic heterocycles.